The zero-order valence-corrected chi connectivity index (χ0v) is 11.3. The number of nitrogens with one attached hydrogen (secondary N) is 1. The molecule has 0 fully saturated rings. The van der Waals surface area contributed by atoms with Crippen molar-refractivity contribution in [1.82, 2.24) is 0 Å². The average molecular weight is 275 g/mol. The van der Waals surface area contributed by atoms with Gasteiger partial charge in [0.2, 0.25) is 0 Å². The van der Waals surface area contributed by atoms with Gasteiger partial charge in [-0.1, -0.05) is 25.1 Å². The highest BCUT2D eigenvalue weighted by Crippen LogP contribution is 2.22. The molecule has 0 heterocycles. The lowest BCUT2D eigenvalue weighted by Gasteiger charge is -2.13. The highest BCUT2D eigenvalue weighted by atomic mass is 19.1. The first-order valence-corrected chi connectivity index (χ1v) is 6.37. The molecule has 0 radical (unpaired) electrons. The molecule has 20 heavy (non-hydrogen) atoms. The molecule has 1 amide bonds. The molecular formula is C16H15F2NO. The number of halogens is 2. The molecule has 0 aliphatic rings. The van der Waals surface area contributed by atoms with Crippen LogP contribution in [0.4, 0.5) is 14.5 Å². The summed E-state index contributed by atoms with van der Waals surface area (Å²) in [5.41, 5.74) is 2.20. The first-order chi connectivity index (χ1) is 9.52. The fraction of sp³-hybridized carbons (Fsp3) is 0.188. The predicted octanol–water partition coefficient (Wildman–Crippen LogP) is 4.09. The summed E-state index contributed by atoms with van der Waals surface area (Å²) < 4.78 is 26.7. The summed E-state index contributed by atoms with van der Waals surface area (Å²) in [4.78, 5) is 12.1. The summed E-state index contributed by atoms with van der Waals surface area (Å²) >= 11 is 0. The summed E-state index contributed by atoms with van der Waals surface area (Å²) in [6.07, 6.45) is 0.739. The number of amides is 1. The van der Waals surface area contributed by atoms with Crippen LogP contribution in [0.15, 0.2) is 36.4 Å². The van der Waals surface area contributed by atoms with Crippen LogP contribution in [0.1, 0.15) is 28.4 Å². The zero-order chi connectivity index (χ0) is 14.7. The number of aryl methyl sites for hydroxylation is 2. The van der Waals surface area contributed by atoms with Crippen molar-refractivity contribution >= 4 is 11.6 Å². The van der Waals surface area contributed by atoms with Crippen molar-refractivity contribution in [2.24, 2.45) is 0 Å². The molecule has 0 saturated carbocycles. The standard InChI is InChI=1S/C16H15F2NO/c1-3-11-6-4-5-10(2)15(11)19-16(20)13-9-12(17)7-8-14(13)18/h4-9H,3H2,1-2H3,(H,19,20). The number of anilines is 1. The summed E-state index contributed by atoms with van der Waals surface area (Å²) in [7, 11) is 0. The molecule has 0 saturated heterocycles. The smallest absolute Gasteiger partial charge is 0.258 e. The van der Waals surface area contributed by atoms with Crippen molar-refractivity contribution in [1.29, 1.82) is 0 Å². The van der Waals surface area contributed by atoms with Gasteiger partial charge in [0.05, 0.1) is 5.56 Å². The minimum Gasteiger partial charge on any atom is -0.321 e. The topological polar surface area (TPSA) is 29.1 Å². The van der Waals surface area contributed by atoms with Crippen molar-refractivity contribution in [3.63, 3.8) is 0 Å². The van der Waals surface area contributed by atoms with Gasteiger partial charge in [-0.15, -0.1) is 0 Å². The van der Waals surface area contributed by atoms with E-state index >= 15 is 0 Å². The minimum absolute atomic E-state index is 0.296. The number of rotatable bonds is 3. The second-order valence-electron chi connectivity index (χ2n) is 4.54. The summed E-state index contributed by atoms with van der Waals surface area (Å²) in [6.45, 7) is 3.82. The molecule has 0 atom stereocenters. The Hall–Kier alpha value is -2.23. The lowest BCUT2D eigenvalue weighted by molar-refractivity contribution is 0.102. The lowest BCUT2D eigenvalue weighted by Crippen LogP contribution is -2.16. The highest BCUT2D eigenvalue weighted by Gasteiger charge is 2.15. The van der Waals surface area contributed by atoms with Crippen molar-refractivity contribution < 1.29 is 13.6 Å². The van der Waals surface area contributed by atoms with E-state index in [0.29, 0.717) is 5.69 Å². The average Bonchev–Trinajstić information content (AvgIpc) is 2.43. The van der Waals surface area contributed by atoms with Crippen LogP contribution in [0.5, 0.6) is 0 Å². The number of hydrogen-bond acceptors (Lipinski definition) is 1. The monoisotopic (exact) mass is 275 g/mol. The predicted molar refractivity (Wildman–Crippen MR) is 74.9 cm³/mol. The Balaban J connectivity index is 2.35. The fourth-order valence-corrected chi connectivity index (χ4v) is 2.05. The maximum atomic E-state index is 13.6. The maximum Gasteiger partial charge on any atom is 0.258 e. The third kappa shape index (κ3) is 2.85. The van der Waals surface area contributed by atoms with E-state index in [4.69, 9.17) is 0 Å². The van der Waals surface area contributed by atoms with Crippen molar-refractivity contribution in [2.75, 3.05) is 5.32 Å². The van der Waals surface area contributed by atoms with Crippen LogP contribution in [0.2, 0.25) is 0 Å². The Kier molecular flexibility index (Phi) is 4.13. The van der Waals surface area contributed by atoms with Crippen LogP contribution in [0.3, 0.4) is 0 Å². The number of carbonyl (C=O) groups is 1. The zero-order valence-electron chi connectivity index (χ0n) is 11.3. The highest BCUT2D eigenvalue weighted by molar-refractivity contribution is 6.05. The normalized spacial score (nSPS) is 10.4. The Morgan fingerprint density at radius 2 is 1.95 bits per heavy atom. The van der Waals surface area contributed by atoms with Crippen LogP contribution in [-0.2, 0) is 6.42 Å². The van der Waals surface area contributed by atoms with Gasteiger partial charge in [-0.2, -0.15) is 0 Å². The van der Waals surface area contributed by atoms with E-state index in [1.807, 2.05) is 32.0 Å². The van der Waals surface area contributed by atoms with Gasteiger partial charge in [0.25, 0.3) is 5.91 Å². The van der Waals surface area contributed by atoms with E-state index in [-0.39, 0.29) is 5.56 Å². The fourth-order valence-electron chi connectivity index (χ4n) is 2.05. The van der Waals surface area contributed by atoms with Gasteiger partial charge in [0.1, 0.15) is 11.6 Å². The van der Waals surface area contributed by atoms with E-state index in [1.165, 1.54) is 0 Å². The van der Waals surface area contributed by atoms with Gasteiger partial charge in [-0.3, -0.25) is 4.79 Å². The lowest BCUT2D eigenvalue weighted by atomic mass is 10.1. The molecule has 2 aromatic carbocycles. The molecule has 0 spiro atoms. The second kappa shape index (κ2) is 5.82. The van der Waals surface area contributed by atoms with Crippen molar-refractivity contribution in [3.05, 3.63) is 64.7 Å². The molecular weight excluding hydrogens is 260 g/mol. The Morgan fingerprint density at radius 3 is 2.65 bits per heavy atom. The van der Waals surface area contributed by atoms with Crippen LogP contribution in [-0.4, -0.2) is 5.91 Å². The molecule has 2 aromatic rings. The number of hydrogen-bond donors (Lipinski definition) is 1. The van der Waals surface area contributed by atoms with E-state index in [1.54, 1.807) is 0 Å². The van der Waals surface area contributed by atoms with E-state index in [0.717, 1.165) is 35.7 Å². The first kappa shape index (κ1) is 14.2. The third-order valence-corrected chi connectivity index (χ3v) is 3.15. The maximum absolute atomic E-state index is 13.6. The van der Waals surface area contributed by atoms with E-state index < -0.39 is 17.5 Å². The summed E-state index contributed by atoms with van der Waals surface area (Å²) in [5, 5.41) is 2.67. The third-order valence-electron chi connectivity index (χ3n) is 3.15. The molecule has 104 valence electrons. The quantitative estimate of drug-likeness (QED) is 0.898. The number of carbonyl (C=O) groups excluding carboxylic acids is 1. The first-order valence-electron chi connectivity index (χ1n) is 6.37. The summed E-state index contributed by atoms with van der Waals surface area (Å²) in [5.74, 6) is -2.03. The molecule has 0 bridgehead atoms. The SMILES string of the molecule is CCc1cccc(C)c1NC(=O)c1cc(F)ccc1F. The van der Waals surface area contributed by atoms with Crippen LogP contribution in [0.25, 0.3) is 0 Å². The van der Waals surface area contributed by atoms with Crippen molar-refractivity contribution in [2.45, 2.75) is 20.3 Å². The minimum atomic E-state index is -0.740. The molecule has 0 aliphatic heterocycles. The molecule has 0 aliphatic carbocycles. The van der Waals surface area contributed by atoms with Crippen LogP contribution < -0.4 is 5.32 Å². The number of benzene rings is 2. The van der Waals surface area contributed by atoms with Gasteiger partial charge in [-0.25, -0.2) is 8.78 Å². The second-order valence-corrected chi connectivity index (χ2v) is 4.54. The largest absolute Gasteiger partial charge is 0.321 e. The van der Waals surface area contributed by atoms with Gasteiger partial charge in [-0.05, 0) is 42.7 Å². The van der Waals surface area contributed by atoms with Gasteiger partial charge in [0, 0.05) is 5.69 Å². The van der Waals surface area contributed by atoms with Gasteiger partial charge in [0.15, 0.2) is 0 Å². The Bertz CT molecular complexity index is 653. The molecule has 4 heteroatoms. The van der Waals surface area contributed by atoms with Gasteiger partial charge >= 0.3 is 0 Å². The molecule has 0 unspecified atom stereocenters. The van der Waals surface area contributed by atoms with Crippen molar-refractivity contribution in [3.8, 4) is 0 Å². The molecule has 1 N–H and O–H groups in total. The van der Waals surface area contributed by atoms with Crippen LogP contribution in [0, 0.1) is 18.6 Å². The Morgan fingerprint density at radius 1 is 1.20 bits per heavy atom. The van der Waals surface area contributed by atoms with Crippen LogP contribution >= 0.6 is 0 Å². The van der Waals surface area contributed by atoms with Gasteiger partial charge < -0.3 is 5.32 Å². The molecule has 2 nitrogen and oxygen atoms in total. The van der Waals surface area contributed by atoms with E-state index in [2.05, 4.69) is 5.32 Å². The Labute approximate surface area is 116 Å². The summed E-state index contributed by atoms with van der Waals surface area (Å²) in [6, 6.07) is 8.47. The number of para-hydroxylation sites is 1. The molecule has 2 rings (SSSR count). The molecule has 0 aromatic heterocycles. The van der Waals surface area contributed by atoms with E-state index in [9.17, 15) is 13.6 Å².